The van der Waals surface area contributed by atoms with Gasteiger partial charge in [-0.25, -0.2) is 9.78 Å². The molecule has 0 spiro atoms. The summed E-state index contributed by atoms with van der Waals surface area (Å²) in [5, 5.41) is 6.93. The van der Waals surface area contributed by atoms with Gasteiger partial charge in [-0.1, -0.05) is 18.2 Å². The molecule has 7 heteroatoms. The van der Waals surface area contributed by atoms with Gasteiger partial charge in [0.25, 0.3) is 5.91 Å². The van der Waals surface area contributed by atoms with Crippen LogP contribution in [-0.4, -0.2) is 47.8 Å². The number of amides is 2. The van der Waals surface area contributed by atoms with Crippen molar-refractivity contribution in [3.63, 3.8) is 0 Å². The fraction of sp³-hybridized carbons (Fsp3) is 0.522. The monoisotopic (exact) mass is 410 g/mol. The highest BCUT2D eigenvalue weighted by molar-refractivity contribution is 6.07. The fourth-order valence-electron chi connectivity index (χ4n) is 3.73. The molecule has 1 aromatic heterocycles. The molecule has 0 atom stereocenters. The van der Waals surface area contributed by atoms with Crippen LogP contribution in [0, 0.1) is 0 Å². The summed E-state index contributed by atoms with van der Waals surface area (Å²) >= 11 is 0. The molecule has 1 saturated carbocycles. The van der Waals surface area contributed by atoms with E-state index in [2.05, 4.69) is 15.5 Å². The lowest BCUT2D eigenvalue weighted by atomic mass is 10.0. The maximum atomic E-state index is 12.8. The Hall–Kier alpha value is -2.83. The van der Waals surface area contributed by atoms with Gasteiger partial charge in [-0.2, -0.15) is 0 Å². The van der Waals surface area contributed by atoms with Gasteiger partial charge in [-0.05, 0) is 58.6 Å². The van der Waals surface area contributed by atoms with E-state index in [1.165, 1.54) is 0 Å². The second-order valence-corrected chi connectivity index (χ2v) is 9.20. The highest BCUT2D eigenvalue weighted by atomic mass is 16.6. The lowest BCUT2D eigenvalue weighted by Crippen LogP contribution is -2.46. The van der Waals surface area contributed by atoms with E-state index in [1.54, 1.807) is 0 Å². The molecule has 4 rings (SSSR count). The van der Waals surface area contributed by atoms with E-state index in [0.717, 1.165) is 55.5 Å². The number of hydrogen-bond donors (Lipinski definition) is 2. The number of carbonyl (C=O) groups excluding carboxylic acids is 2. The zero-order valence-electron chi connectivity index (χ0n) is 17.9. The van der Waals surface area contributed by atoms with Gasteiger partial charge in [0, 0.05) is 30.6 Å². The Morgan fingerprint density at radius 2 is 1.70 bits per heavy atom. The normalized spacial score (nSPS) is 17.6. The summed E-state index contributed by atoms with van der Waals surface area (Å²) in [5.41, 5.74) is 0.999. The van der Waals surface area contributed by atoms with Crippen molar-refractivity contribution in [2.45, 2.75) is 64.1 Å². The molecule has 160 valence electrons. The first kappa shape index (κ1) is 20.4. The maximum Gasteiger partial charge on any atom is 0.407 e. The third kappa shape index (κ3) is 5.01. The minimum absolute atomic E-state index is 0.0289. The molecule has 2 aromatic rings. The number of nitrogens with one attached hydrogen (secondary N) is 2. The molecule has 2 N–H and O–H groups in total. The zero-order valence-corrected chi connectivity index (χ0v) is 17.9. The zero-order chi connectivity index (χ0) is 21.3. The van der Waals surface area contributed by atoms with Crippen molar-refractivity contribution in [2.24, 2.45) is 0 Å². The number of anilines is 1. The fourth-order valence-corrected chi connectivity index (χ4v) is 3.73. The average Bonchev–Trinajstić information content (AvgIpc) is 3.50. The molecule has 0 unspecified atom stereocenters. The molecule has 2 heterocycles. The van der Waals surface area contributed by atoms with Crippen molar-refractivity contribution in [1.82, 2.24) is 15.6 Å². The molecular weight excluding hydrogens is 380 g/mol. The average molecular weight is 411 g/mol. The lowest BCUT2D eigenvalue weighted by molar-refractivity contribution is 0.0497. The molecule has 1 aliphatic heterocycles. The molecule has 2 aliphatic rings. The van der Waals surface area contributed by atoms with Crippen LogP contribution in [0.3, 0.4) is 0 Å². The first-order valence-electron chi connectivity index (χ1n) is 10.7. The number of pyridine rings is 1. The number of nitrogens with zero attached hydrogens (tertiary/aromatic N) is 2. The highest BCUT2D eigenvalue weighted by Crippen LogP contribution is 2.27. The minimum Gasteiger partial charge on any atom is -0.444 e. The summed E-state index contributed by atoms with van der Waals surface area (Å²) in [6, 6.07) is 10.1. The van der Waals surface area contributed by atoms with Gasteiger partial charge in [-0.3, -0.25) is 4.79 Å². The predicted octanol–water partition coefficient (Wildman–Crippen LogP) is 3.62. The molecule has 30 heavy (non-hydrogen) atoms. The molecular formula is C23H30N4O3. The summed E-state index contributed by atoms with van der Waals surface area (Å²) in [6.07, 6.45) is 3.35. The van der Waals surface area contributed by atoms with Gasteiger partial charge in [0.1, 0.15) is 11.4 Å². The largest absolute Gasteiger partial charge is 0.444 e. The number of rotatable bonds is 4. The van der Waals surface area contributed by atoms with Crippen LogP contribution in [0.1, 0.15) is 56.8 Å². The number of benzene rings is 1. The lowest BCUT2D eigenvalue weighted by Gasteiger charge is -2.33. The van der Waals surface area contributed by atoms with Gasteiger partial charge in [-0.15, -0.1) is 0 Å². The molecule has 0 bridgehead atoms. The second kappa shape index (κ2) is 8.13. The van der Waals surface area contributed by atoms with Crippen LogP contribution in [0.5, 0.6) is 0 Å². The van der Waals surface area contributed by atoms with Crippen LogP contribution in [0.2, 0.25) is 0 Å². The molecule has 2 fully saturated rings. The van der Waals surface area contributed by atoms with E-state index in [0.29, 0.717) is 11.6 Å². The van der Waals surface area contributed by atoms with E-state index in [4.69, 9.17) is 9.72 Å². The Morgan fingerprint density at radius 3 is 2.37 bits per heavy atom. The third-order valence-corrected chi connectivity index (χ3v) is 5.40. The Bertz CT molecular complexity index is 941. The van der Waals surface area contributed by atoms with Crippen molar-refractivity contribution in [2.75, 3.05) is 18.0 Å². The number of alkyl carbamates (subject to hydrolysis) is 1. The maximum absolute atomic E-state index is 12.8. The second-order valence-electron chi connectivity index (χ2n) is 9.20. The number of fused-ring (bicyclic) bond motifs is 1. The highest BCUT2D eigenvalue weighted by Gasteiger charge is 2.27. The minimum atomic E-state index is -0.503. The molecule has 0 radical (unpaired) electrons. The van der Waals surface area contributed by atoms with Crippen molar-refractivity contribution < 1.29 is 14.3 Å². The third-order valence-electron chi connectivity index (χ3n) is 5.40. The van der Waals surface area contributed by atoms with Gasteiger partial charge >= 0.3 is 6.09 Å². The van der Waals surface area contributed by atoms with Gasteiger partial charge < -0.3 is 20.3 Å². The summed E-state index contributed by atoms with van der Waals surface area (Å²) in [7, 11) is 0. The van der Waals surface area contributed by atoms with Gasteiger partial charge in [0.15, 0.2) is 0 Å². The smallest absolute Gasteiger partial charge is 0.407 e. The quantitative estimate of drug-likeness (QED) is 0.804. The van der Waals surface area contributed by atoms with Crippen molar-refractivity contribution >= 4 is 28.7 Å². The Balaban J connectivity index is 1.46. The number of ether oxygens (including phenoxy) is 1. The first-order valence-corrected chi connectivity index (χ1v) is 10.7. The van der Waals surface area contributed by atoms with E-state index in [9.17, 15) is 9.59 Å². The van der Waals surface area contributed by atoms with E-state index < -0.39 is 5.60 Å². The molecule has 7 nitrogen and oxygen atoms in total. The van der Waals surface area contributed by atoms with E-state index >= 15 is 0 Å². The topological polar surface area (TPSA) is 83.6 Å². The van der Waals surface area contributed by atoms with Crippen LogP contribution in [0.25, 0.3) is 10.9 Å². The summed E-state index contributed by atoms with van der Waals surface area (Å²) in [5.74, 6) is 0.782. The number of piperidine rings is 1. The van der Waals surface area contributed by atoms with Crippen LogP contribution in [0.15, 0.2) is 30.3 Å². The Morgan fingerprint density at radius 1 is 1.03 bits per heavy atom. The van der Waals surface area contributed by atoms with Gasteiger partial charge in [0.05, 0.1) is 11.1 Å². The van der Waals surface area contributed by atoms with Crippen LogP contribution in [-0.2, 0) is 4.74 Å². The van der Waals surface area contributed by atoms with E-state index in [1.807, 2.05) is 51.1 Å². The molecule has 2 amide bonds. The van der Waals surface area contributed by atoms with Gasteiger partial charge in [0.2, 0.25) is 0 Å². The first-order chi connectivity index (χ1) is 14.3. The van der Waals surface area contributed by atoms with E-state index in [-0.39, 0.29) is 18.0 Å². The van der Waals surface area contributed by atoms with Crippen LogP contribution >= 0.6 is 0 Å². The van der Waals surface area contributed by atoms with Crippen molar-refractivity contribution in [3.8, 4) is 0 Å². The van der Waals surface area contributed by atoms with Crippen LogP contribution < -0.4 is 15.5 Å². The SMILES string of the molecule is CC(C)(C)OC(=O)NC1CCN(c2cc(C(=O)NC3CC3)c3ccccc3n2)CC1. The number of hydrogen-bond acceptors (Lipinski definition) is 5. The number of para-hydroxylation sites is 1. The number of carbonyl (C=O) groups is 2. The summed E-state index contributed by atoms with van der Waals surface area (Å²) < 4.78 is 5.36. The summed E-state index contributed by atoms with van der Waals surface area (Å²) in [6.45, 7) is 7.09. The summed E-state index contributed by atoms with van der Waals surface area (Å²) in [4.78, 5) is 31.8. The van der Waals surface area contributed by atoms with Crippen LogP contribution in [0.4, 0.5) is 10.6 Å². The molecule has 1 saturated heterocycles. The predicted molar refractivity (Wildman–Crippen MR) is 117 cm³/mol. The standard InChI is InChI=1S/C23H30N4O3/c1-23(2,3)30-22(29)25-16-10-12-27(13-11-16)20-14-18(21(28)24-15-8-9-15)17-6-4-5-7-19(17)26-20/h4-7,14-16H,8-13H2,1-3H3,(H,24,28)(H,25,29). The van der Waals surface area contributed by atoms with Crippen molar-refractivity contribution in [1.29, 1.82) is 0 Å². The molecule has 1 aromatic carbocycles. The molecule has 1 aliphatic carbocycles. The van der Waals surface area contributed by atoms with Crippen molar-refractivity contribution in [3.05, 3.63) is 35.9 Å². The number of aromatic nitrogens is 1. The Kier molecular flexibility index (Phi) is 5.54. The Labute approximate surface area is 177 Å².